The second-order valence-electron chi connectivity index (χ2n) is 3.28. The number of fused-ring (bicyclic) bond motifs is 1. The van der Waals surface area contributed by atoms with Gasteiger partial charge in [0, 0.05) is 12.0 Å². The Morgan fingerprint density at radius 2 is 2.00 bits per heavy atom. The maximum Gasteiger partial charge on any atom is 0.185 e. The number of ketones is 1. The predicted molar refractivity (Wildman–Crippen MR) is 56.6 cm³/mol. The summed E-state index contributed by atoms with van der Waals surface area (Å²) in [6.45, 7) is 4.72. The minimum absolute atomic E-state index is 0.106. The van der Waals surface area contributed by atoms with Crippen LogP contribution in [0.3, 0.4) is 0 Å². The molecule has 78 valence electrons. The molecule has 1 aromatic rings. The monoisotopic (exact) mass is 204 g/mol. The van der Waals surface area contributed by atoms with Gasteiger partial charge in [-0.15, -0.1) is 0 Å². The summed E-state index contributed by atoms with van der Waals surface area (Å²) >= 11 is 0. The highest BCUT2D eigenvalue weighted by Crippen LogP contribution is 2.30. The summed E-state index contributed by atoms with van der Waals surface area (Å²) in [6.07, 6.45) is 2.15. The lowest BCUT2D eigenvalue weighted by molar-refractivity contribution is 0.104. The van der Waals surface area contributed by atoms with E-state index in [4.69, 9.17) is 9.47 Å². The van der Waals surface area contributed by atoms with Crippen LogP contribution >= 0.6 is 0 Å². The van der Waals surface area contributed by atoms with E-state index in [0.717, 1.165) is 6.42 Å². The molecule has 0 saturated carbocycles. The first-order chi connectivity index (χ1) is 7.31. The molecule has 3 heteroatoms. The summed E-state index contributed by atoms with van der Waals surface area (Å²) in [6, 6.07) is 5.18. The molecule has 0 spiro atoms. The first-order valence-electron chi connectivity index (χ1n) is 4.87. The average Bonchev–Trinajstić information content (AvgIpc) is 2.51. The van der Waals surface area contributed by atoms with Gasteiger partial charge in [-0.3, -0.25) is 4.79 Å². The Hall–Kier alpha value is -1.77. The summed E-state index contributed by atoms with van der Waals surface area (Å²) < 4.78 is 10.9. The molecule has 1 aromatic carbocycles. The van der Waals surface area contributed by atoms with Crippen molar-refractivity contribution in [2.45, 2.75) is 6.42 Å². The minimum atomic E-state index is -0.106. The minimum Gasteiger partial charge on any atom is -0.490 e. The number of carbonyl (C=O) groups excluding carboxylic acids is 1. The van der Waals surface area contributed by atoms with E-state index in [1.54, 1.807) is 18.2 Å². The highest BCUT2D eigenvalue weighted by molar-refractivity contribution is 6.04. The lowest BCUT2D eigenvalue weighted by atomic mass is 10.1. The predicted octanol–water partition coefficient (Wildman–Crippen LogP) is 2.22. The molecule has 0 saturated heterocycles. The van der Waals surface area contributed by atoms with Crippen LogP contribution in [-0.4, -0.2) is 19.0 Å². The third-order valence-corrected chi connectivity index (χ3v) is 2.22. The fourth-order valence-electron chi connectivity index (χ4n) is 1.43. The average molecular weight is 204 g/mol. The lowest BCUT2D eigenvalue weighted by Crippen LogP contribution is -1.97. The van der Waals surface area contributed by atoms with Gasteiger partial charge < -0.3 is 9.47 Å². The third kappa shape index (κ3) is 2.01. The van der Waals surface area contributed by atoms with Crippen molar-refractivity contribution in [2.75, 3.05) is 13.2 Å². The molecular formula is C12H12O3. The molecule has 1 aliphatic heterocycles. The number of rotatable bonds is 2. The SMILES string of the molecule is C=CC(=O)c1ccc2c(c1)OCCCO2. The molecule has 0 aliphatic carbocycles. The van der Waals surface area contributed by atoms with Crippen molar-refractivity contribution in [1.29, 1.82) is 0 Å². The molecule has 0 aromatic heterocycles. The Labute approximate surface area is 88.3 Å². The number of carbonyl (C=O) groups is 1. The highest BCUT2D eigenvalue weighted by atomic mass is 16.5. The van der Waals surface area contributed by atoms with Crippen LogP contribution in [0.2, 0.25) is 0 Å². The van der Waals surface area contributed by atoms with Gasteiger partial charge in [-0.05, 0) is 24.3 Å². The van der Waals surface area contributed by atoms with Crippen LogP contribution in [0.4, 0.5) is 0 Å². The zero-order valence-electron chi connectivity index (χ0n) is 8.36. The second-order valence-corrected chi connectivity index (χ2v) is 3.28. The van der Waals surface area contributed by atoms with Crippen molar-refractivity contribution >= 4 is 5.78 Å². The zero-order valence-corrected chi connectivity index (χ0v) is 8.36. The van der Waals surface area contributed by atoms with Gasteiger partial charge in [0.2, 0.25) is 0 Å². The van der Waals surface area contributed by atoms with Gasteiger partial charge in [0.05, 0.1) is 13.2 Å². The quantitative estimate of drug-likeness (QED) is 0.547. The van der Waals surface area contributed by atoms with Crippen molar-refractivity contribution in [3.8, 4) is 11.5 Å². The van der Waals surface area contributed by atoms with Crippen LogP contribution in [0.5, 0.6) is 11.5 Å². The van der Waals surface area contributed by atoms with E-state index in [2.05, 4.69) is 6.58 Å². The molecule has 15 heavy (non-hydrogen) atoms. The Kier molecular flexibility index (Phi) is 2.72. The topological polar surface area (TPSA) is 35.5 Å². The fourth-order valence-corrected chi connectivity index (χ4v) is 1.43. The summed E-state index contributed by atoms with van der Waals surface area (Å²) in [5.41, 5.74) is 0.578. The van der Waals surface area contributed by atoms with E-state index in [0.29, 0.717) is 30.3 Å². The van der Waals surface area contributed by atoms with E-state index in [9.17, 15) is 4.79 Å². The van der Waals surface area contributed by atoms with Crippen molar-refractivity contribution in [2.24, 2.45) is 0 Å². The first-order valence-corrected chi connectivity index (χ1v) is 4.87. The highest BCUT2D eigenvalue weighted by Gasteiger charge is 2.12. The Balaban J connectivity index is 2.35. The smallest absolute Gasteiger partial charge is 0.185 e. The van der Waals surface area contributed by atoms with Gasteiger partial charge in [-0.25, -0.2) is 0 Å². The van der Waals surface area contributed by atoms with Crippen LogP contribution in [0.25, 0.3) is 0 Å². The Morgan fingerprint density at radius 1 is 1.27 bits per heavy atom. The lowest BCUT2D eigenvalue weighted by Gasteiger charge is -2.07. The van der Waals surface area contributed by atoms with E-state index in [-0.39, 0.29) is 5.78 Å². The molecule has 0 radical (unpaired) electrons. The van der Waals surface area contributed by atoms with Crippen molar-refractivity contribution in [3.63, 3.8) is 0 Å². The number of ether oxygens (including phenoxy) is 2. The fraction of sp³-hybridized carbons (Fsp3) is 0.250. The van der Waals surface area contributed by atoms with Crippen molar-refractivity contribution in [3.05, 3.63) is 36.4 Å². The number of allylic oxidation sites excluding steroid dienone is 1. The van der Waals surface area contributed by atoms with Crippen molar-refractivity contribution in [1.82, 2.24) is 0 Å². The van der Waals surface area contributed by atoms with E-state index >= 15 is 0 Å². The molecule has 2 rings (SSSR count). The maximum absolute atomic E-state index is 11.4. The van der Waals surface area contributed by atoms with Crippen LogP contribution in [0.15, 0.2) is 30.9 Å². The second kappa shape index (κ2) is 4.17. The van der Waals surface area contributed by atoms with Gasteiger partial charge >= 0.3 is 0 Å². The van der Waals surface area contributed by atoms with Gasteiger partial charge in [0.15, 0.2) is 17.3 Å². The molecule has 3 nitrogen and oxygen atoms in total. The number of benzene rings is 1. The van der Waals surface area contributed by atoms with Crippen LogP contribution in [0.1, 0.15) is 16.8 Å². The molecule has 0 atom stereocenters. The van der Waals surface area contributed by atoms with Crippen LogP contribution in [0, 0.1) is 0 Å². The number of hydrogen-bond donors (Lipinski definition) is 0. The molecule has 1 heterocycles. The first kappa shape index (κ1) is 9.77. The van der Waals surface area contributed by atoms with Gasteiger partial charge in [0.1, 0.15) is 0 Å². The standard InChI is InChI=1S/C12H12O3/c1-2-10(13)9-4-5-11-12(8-9)15-7-3-6-14-11/h2,4-5,8H,1,3,6-7H2. The van der Waals surface area contributed by atoms with E-state index in [1.807, 2.05) is 0 Å². The van der Waals surface area contributed by atoms with E-state index in [1.165, 1.54) is 6.08 Å². The number of hydrogen-bond acceptors (Lipinski definition) is 3. The Morgan fingerprint density at radius 3 is 2.73 bits per heavy atom. The third-order valence-electron chi connectivity index (χ3n) is 2.22. The molecule has 0 amide bonds. The van der Waals surface area contributed by atoms with Gasteiger partial charge in [-0.1, -0.05) is 6.58 Å². The van der Waals surface area contributed by atoms with E-state index < -0.39 is 0 Å². The van der Waals surface area contributed by atoms with Crippen LogP contribution < -0.4 is 9.47 Å². The molecule has 0 fully saturated rings. The normalized spacial score (nSPS) is 14.1. The summed E-state index contributed by atoms with van der Waals surface area (Å²) in [4.78, 5) is 11.4. The summed E-state index contributed by atoms with van der Waals surface area (Å²) in [5.74, 6) is 1.24. The molecule has 1 aliphatic rings. The molecule has 0 unspecified atom stereocenters. The summed E-state index contributed by atoms with van der Waals surface area (Å²) in [7, 11) is 0. The zero-order chi connectivity index (χ0) is 10.7. The van der Waals surface area contributed by atoms with Crippen molar-refractivity contribution < 1.29 is 14.3 Å². The van der Waals surface area contributed by atoms with Crippen LogP contribution in [-0.2, 0) is 0 Å². The summed E-state index contributed by atoms with van der Waals surface area (Å²) in [5, 5.41) is 0. The van der Waals surface area contributed by atoms with Gasteiger partial charge in [0.25, 0.3) is 0 Å². The maximum atomic E-state index is 11.4. The molecule has 0 N–H and O–H groups in total. The van der Waals surface area contributed by atoms with Gasteiger partial charge in [-0.2, -0.15) is 0 Å². The molecule has 0 bridgehead atoms. The Bertz CT molecular complexity index is 396. The molecular weight excluding hydrogens is 192 g/mol. The largest absolute Gasteiger partial charge is 0.490 e.